The number of nitrogens with one attached hydrogen (secondary N) is 2. The summed E-state index contributed by atoms with van der Waals surface area (Å²) in [7, 11) is 0. The average Bonchev–Trinajstić information content (AvgIpc) is 2.81. The van der Waals surface area contributed by atoms with Crippen LogP contribution in [0.25, 0.3) is 11.0 Å². The number of hydrogen-bond donors (Lipinski definition) is 2. The van der Waals surface area contributed by atoms with E-state index in [0.29, 0.717) is 35.2 Å². The minimum absolute atomic E-state index is 0.0290. The normalized spacial score (nSPS) is 12.4. The predicted octanol–water partition coefficient (Wildman–Crippen LogP) is 3.37. The van der Waals surface area contributed by atoms with Crippen LogP contribution in [0.2, 0.25) is 0 Å². The molecule has 2 amide bonds. The Hall–Kier alpha value is -4.34. The second-order valence-corrected chi connectivity index (χ2v) is 7.46. The van der Waals surface area contributed by atoms with Gasteiger partial charge in [0.05, 0.1) is 6.61 Å². The van der Waals surface area contributed by atoms with E-state index in [-0.39, 0.29) is 31.3 Å². The van der Waals surface area contributed by atoms with E-state index in [0.717, 1.165) is 11.3 Å². The summed E-state index contributed by atoms with van der Waals surface area (Å²) in [4.78, 5) is 47.2. The molecule has 0 aliphatic carbocycles. The highest BCUT2D eigenvalue weighted by Crippen LogP contribution is 2.27. The van der Waals surface area contributed by atoms with Crippen LogP contribution in [0.1, 0.15) is 24.5 Å². The Balaban J connectivity index is 1.38. The van der Waals surface area contributed by atoms with Gasteiger partial charge in [-0.1, -0.05) is 0 Å². The fourth-order valence-corrected chi connectivity index (χ4v) is 3.50. The quantitative estimate of drug-likeness (QED) is 0.400. The predicted molar refractivity (Wildman–Crippen MR) is 122 cm³/mol. The van der Waals surface area contributed by atoms with Gasteiger partial charge in [0.15, 0.2) is 6.61 Å². The van der Waals surface area contributed by atoms with Crippen LogP contribution >= 0.6 is 0 Å². The molecule has 0 saturated heterocycles. The molecule has 0 bridgehead atoms. The molecule has 1 aromatic heterocycles. The van der Waals surface area contributed by atoms with Crippen molar-refractivity contribution >= 4 is 40.3 Å². The largest absolute Gasteiger partial charge is 0.482 e. The van der Waals surface area contributed by atoms with E-state index in [1.807, 2.05) is 0 Å². The molecule has 1 aliphatic heterocycles. The highest BCUT2D eigenvalue weighted by Gasteiger charge is 2.16. The van der Waals surface area contributed by atoms with Crippen LogP contribution in [0.4, 0.5) is 16.2 Å². The van der Waals surface area contributed by atoms with E-state index in [1.165, 1.54) is 12.1 Å². The maximum atomic E-state index is 12.2. The molecular weight excluding hydrogens is 444 g/mol. The summed E-state index contributed by atoms with van der Waals surface area (Å²) in [5.74, 6) is -0.161. The van der Waals surface area contributed by atoms with Gasteiger partial charge in [-0.3, -0.25) is 10.1 Å². The van der Waals surface area contributed by atoms with E-state index in [2.05, 4.69) is 10.6 Å². The topological polar surface area (TPSA) is 133 Å². The summed E-state index contributed by atoms with van der Waals surface area (Å²) in [6.45, 7) is 1.42. The lowest BCUT2D eigenvalue weighted by molar-refractivity contribution is -0.147. The molecule has 2 N–H and O–H groups in total. The Labute approximate surface area is 193 Å². The minimum Gasteiger partial charge on any atom is -0.482 e. The molecule has 4 rings (SSSR count). The number of carbonyl (C=O) groups excluding carboxylic acids is 3. The number of aryl methyl sites for hydroxylation is 1. The maximum Gasteiger partial charge on any atom is 0.411 e. The third-order valence-electron chi connectivity index (χ3n) is 5.07. The molecule has 0 saturated carbocycles. The van der Waals surface area contributed by atoms with Gasteiger partial charge in [-0.25, -0.2) is 14.4 Å². The second kappa shape index (κ2) is 10.1. The molecule has 1 aliphatic rings. The summed E-state index contributed by atoms with van der Waals surface area (Å²) in [5, 5.41) is 5.87. The standard InChI is InChI=1S/C24H22N2O8/c1-2-31-24(30)25-16-4-6-18-15(10-22(28)34-20(18)11-16)12-33-23(29)13-32-17-5-7-19-14(9-17)3-8-21(27)26-19/h4-7,9-11H,2-3,8,12-13H2,1H3,(H,25,30)(H,26,27). The van der Waals surface area contributed by atoms with Crippen LogP contribution in [0.3, 0.4) is 0 Å². The van der Waals surface area contributed by atoms with Crippen molar-refractivity contribution in [1.29, 1.82) is 0 Å². The fraction of sp³-hybridized carbons (Fsp3) is 0.250. The van der Waals surface area contributed by atoms with Crippen molar-refractivity contribution < 1.29 is 33.0 Å². The third-order valence-corrected chi connectivity index (χ3v) is 5.07. The molecule has 0 unspecified atom stereocenters. The van der Waals surface area contributed by atoms with Crippen LogP contribution in [0.15, 0.2) is 51.7 Å². The van der Waals surface area contributed by atoms with E-state index < -0.39 is 17.7 Å². The summed E-state index contributed by atoms with van der Waals surface area (Å²) in [6.07, 6.45) is 0.374. The van der Waals surface area contributed by atoms with Crippen molar-refractivity contribution in [2.45, 2.75) is 26.4 Å². The van der Waals surface area contributed by atoms with Gasteiger partial charge >= 0.3 is 17.7 Å². The Bertz CT molecular complexity index is 1310. The molecule has 0 radical (unpaired) electrons. The van der Waals surface area contributed by atoms with Crippen molar-refractivity contribution in [3.63, 3.8) is 0 Å². The average molecular weight is 466 g/mol. The van der Waals surface area contributed by atoms with E-state index in [4.69, 9.17) is 18.6 Å². The molecule has 10 nitrogen and oxygen atoms in total. The SMILES string of the molecule is CCOC(=O)Nc1ccc2c(COC(=O)COc3ccc4c(c3)CCC(=O)N4)cc(=O)oc2c1. The van der Waals surface area contributed by atoms with E-state index in [1.54, 1.807) is 37.3 Å². The minimum atomic E-state index is -0.627. The van der Waals surface area contributed by atoms with Gasteiger partial charge in [0.2, 0.25) is 5.91 Å². The van der Waals surface area contributed by atoms with Gasteiger partial charge in [0, 0.05) is 40.9 Å². The lowest BCUT2D eigenvalue weighted by atomic mass is 10.0. The molecule has 176 valence electrons. The number of rotatable bonds is 7. The van der Waals surface area contributed by atoms with E-state index in [9.17, 15) is 19.2 Å². The van der Waals surface area contributed by atoms with Crippen LogP contribution in [-0.4, -0.2) is 31.2 Å². The van der Waals surface area contributed by atoms with Gasteiger partial charge in [-0.2, -0.15) is 0 Å². The number of benzene rings is 2. The van der Waals surface area contributed by atoms with Gasteiger partial charge in [-0.05, 0) is 49.2 Å². The van der Waals surface area contributed by atoms with Crippen LogP contribution < -0.4 is 21.0 Å². The number of fused-ring (bicyclic) bond motifs is 2. The zero-order valence-corrected chi connectivity index (χ0v) is 18.3. The smallest absolute Gasteiger partial charge is 0.411 e. The van der Waals surface area contributed by atoms with Gasteiger partial charge in [0.25, 0.3) is 0 Å². The van der Waals surface area contributed by atoms with Crippen molar-refractivity contribution in [2.75, 3.05) is 23.8 Å². The van der Waals surface area contributed by atoms with Gasteiger partial charge < -0.3 is 23.9 Å². The second-order valence-electron chi connectivity index (χ2n) is 7.46. The third kappa shape index (κ3) is 5.52. The van der Waals surface area contributed by atoms with Crippen LogP contribution in [0.5, 0.6) is 5.75 Å². The van der Waals surface area contributed by atoms with Crippen molar-refractivity contribution in [2.24, 2.45) is 0 Å². The molecule has 10 heteroatoms. The zero-order valence-electron chi connectivity index (χ0n) is 18.3. The fourth-order valence-electron chi connectivity index (χ4n) is 3.50. The lowest BCUT2D eigenvalue weighted by Crippen LogP contribution is -2.19. The highest BCUT2D eigenvalue weighted by molar-refractivity contribution is 5.94. The molecule has 2 heterocycles. The first-order valence-electron chi connectivity index (χ1n) is 10.6. The first-order chi connectivity index (χ1) is 16.4. The molecule has 0 atom stereocenters. The molecule has 2 aromatic carbocycles. The number of esters is 1. The molecule has 3 aromatic rings. The van der Waals surface area contributed by atoms with Crippen molar-refractivity contribution in [1.82, 2.24) is 0 Å². The summed E-state index contributed by atoms with van der Waals surface area (Å²) in [5.41, 5.74) is 2.12. The Morgan fingerprint density at radius 3 is 2.74 bits per heavy atom. The van der Waals surface area contributed by atoms with Gasteiger partial charge in [-0.15, -0.1) is 0 Å². The Kier molecular flexibility index (Phi) is 6.77. The Morgan fingerprint density at radius 1 is 1.06 bits per heavy atom. The number of anilines is 2. The molecule has 0 spiro atoms. The van der Waals surface area contributed by atoms with Crippen molar-refractivity contribution in [3.8, 4) is 5.75 Å². The number of hydrogen-bond acceptors (Lipinski definition) is 8. The molecule has 0 fully saturated rings. The lowest BCUT2D eigenvalue weighted by Gasteiger charge is -2.17. The number of ether oxygens (including phenoxy) is 3. The summed E-state index contributed by atoms with van der Waals surface area (Å²) >= 11 is 0. The number of carbonyl (C=O) groups is 3. The number of amides is 2. The van der Waals surface area contributed by atoms with Crippen LogP contribution in [0, 0.1) is 0 Å². The monoisotopic (exact) mass is 466 g/mol. The first kappa shape index (κ1) is 22.8. The van der Waals surface area contributed by atoms with Gasteiger partial charge in [0.1, 0.15) is 17.9 Å². The highest BCUT2D eigenvalue weighted by atomic mass is 16.6. The molecular formula is C24H22N2O8. The maximum absolute atomic E-state index is 12.2. The summed E-state index contributed by atoms with van der Waals surface area (Å²) in [6, 6.07) is 11.2. The summed E-state index contributed by atoms with van der Waals surface area (Å²) < 4.78 is 20.8. The van der Waals surface area contributed by atoms with E-state index >= 15 is 0 Å². The Morgan fingerprint density at radius 2 is 1.91 bits per heavy atom. The first-order valence-corrected chi connectivity index (χ1v) is 10.6. The van der Waals surface area contributed by atoms with Crippen molar-refractivity contribution in [3.05, 3.63) is 64.0 Å². The van der Waals surface area contributed by atoms with Crippen LogP contribution in [-0.2, 0) is 32.1 Å². The zero-order chi connectivity index (χ0) is 24.1. The molecule has 34 heavy (non-hydrogen) atoms.